The third kappa shape index (κ3) is 16.4. The molecule has 2 rings (SSSR count). The highest BCUT2D eigenvalue weighted by atomic mass is 32.1. The van der Waals surface area contributed by atoms with Gasteiger partial charge >= 0.3 is 6.16 Å². The number of hydrogen-bond donors (Lipinski definition) is 0. The zero-order chi connectivity index (χ0) is 30.1. The first-order valence-corrected chi connectivity index (χ1v) is 17.4. The summed E-state index contributed by atoms with van der Waals surface area (Å²) in [5, 5.41) is 0. The molecule has 1 unspecified atom stereocenters. The van der Waals surface area contributed by atoms with Crippen LogP contribution in [0, 0.1) is 0 Å². The van der Waals surface area contributed by atoms with E-state index in [4.69, 9.17) is 14.2 Å². The van der Waals surface area contributed by atoms with Crippen molar-refractivity contribution in [1.82, 2.24) is 8.75 Å². The standard InChI is InChI=1S/C34H58N3O4S/c1-4-6-8-10-11-12-13-14-15-16-17-18-19-20-21-23-28-40-34(38)41-30-37(3)26-24-25-31(29-37)32-33(36-42-35-32)39-27-22-9-7-5-2/h11-12,14-15,25H,4-10,13,16-24,26-30H2,1-3H3/q+1/b12-11-,15-14-. The molecule has 8 heteroatoms. The number of ether oxygens (including phenoxy) is 3. The minimum absolute atomic E-state index is 0.282. The summed E-state index contributed by atoms with van der Waals surface area (Å²) in [6.07, 6.45) is 30.7. The van der Waals surface area contributed by atoms with Crippen molar-refractivity contribution < 1.29 is 23.5 Å². The Labute approximate surface area is 260 Å². The topological polar surface area (TPSA) is 70.5 Å². The van der Waals surface area contributed by atoms with Crippen molar-refractivity contribution in [3.05, 3.63) is 36.1 Å². The molecule has 0 saturated heterocycles. The van der Waals surface area contributed by atoms with E-state index in [1.807, 2.05) is 0 Å². The molecule has 0 spiro atoms. The van der Waals surface area contributed by atoms with Crippen molar-refractivity contribution in [3.63, 3.8) is 0 Å². The summed E-state index contributed by atoms with van der Waals surface area (Å²) in [6.45, 7) is 7.44. The second-order valence-corrected chi connectivity index (χ2v) is 12.3. The van der Waals surface area contributed by atoms with Gasteiger partial charge < -0.3 is 14.2 Å². The van der Waals surface area contributed by atoms with E-state index in [9.17, 15) is 4.79 Å². The summed E-state index contributed by atoms with van der Waals surface area (Å²) in [5.41, 5.74) is 1.94. The van der Waals surface area contributed by atoms with Gasteiger partial charge in [0.2, 0.25) is 6.73 Å². The van der Waals surface area contributed by atoms with Gasteiger partial charge in [0.25, 0.3) is 5.88 Å². The Morgan fingerprint density at radius 1 is 0.833 bits per heavy atom. The summed E-state index contributed by atoms with van der Waals surface area (Å²) in [4.78, 5) is 12.2. The maximum Gasteiger partial charge on any atom is 0.512 e. The molecule has 238 valence electrons. The zero-order valence-electron chi connectivity index (χ0n) is 26.8. The quantitative estimate of drug-likeness (QED) is 0.0506. The van der Waals surface area contributed by atoms with Gasteiger partial charge in [0, 0.05) is 12.0 Å². The van der Waals surface area contributed by atoms with Crippen molar-refractivity contribution in [3.8, 4) is 5.88 Å². The predicted octanol–water partition coefficient (Wildman–Crippen LogP) is 9.66. The molecule has 0 aromatic carbocycles. The fourth-order valence-electron chi connectivity index (χ4n) is 5.05. The average Bonchev–Trinajstić information content (AvgIpc) is 3.46. The molecule has 0 aliphatic carbocycles. The number of carbonyl (C=O) groups excluding carboxylic acids is 1. The second-order valence-electron chi connectivity index (χ2n) is 11.8. The van der Waals surface area contributed by atoms with E-state index in [0.717, 1.165) is 56.5 Å². The van der Waals surface area contributed by atoms with Gasteiger partial charge in [-0.2, -0.15) is 4.37 Å². The third-order valence-electron chi connectivity index (χ3n) is 7.67. The Kier molecular flexibility index (Phi) is 20.0. The van der Waals surface area contributed by atoms with Gasteiger partial charge in [-0.15, -0.1) is 4.37 Å². The summed E-state index contributed by atoms with van der Waals surface area (Å²) in [6, 6.07) is 0. The molecule has 7 nitrogen and oxygen atoms in total. The lowest BCUT2D eigenvalue weighted by Gasteiger charge is -2.36. The molecule has 42 heavy (non-hydrogen) atoms. The minimum Gasteiger partial charge on any atom is -0.475 e. The first-order chi connectivity index (χ1) is 20.6. The van der Waals surface area contributed by atoms with Crippen LogP contribution in [0.15, 0.2) is 30.4 Å². The van der Waals surface area contributed by atoms with Gasteiger partial charge in [0.05, 0.1) is 38.5 Å². The molecule has 0 N–H and O–H groups in total. The SMILES string of the molecule is CCCCC/C=C\C/C=C\CCCCCCCCOC(=O)OC[N+]1(C)CCC=C(c2nsnc2OCCCCCC)C1. The van der Waals surface area contributed by atoms with Gasteiger partial charge in [-0.25, -0.2) is 4.79 Å². The number of hydrogen-bond acceptors (Lipinski definition) is 7. The van der Waals surface area contributed by atoms with Gasteiger partial charge in [0.1, 0.15) is 12.2 Å². The van der Waals surface area contributed by atoms with Crippen molar-refractivity contribution in [2.75, 3.05) is 40.1 Å². The van der Waals surface area contributed by atoms with Crippen LogP contribution >= 0.6 is 11.7 Å². The molecule has 0 bridgehead atoms. The third-order valence-corrected chi connectivity index (χ3v) is 8.18. The van der Waals surface area contributed by atoms with Crippen molar-refractivity contribution >= 4 is 23.5 Å². The Balaban J connectivity index is 1.50. The van der Waals surface area contributed by atoms with E-state index in [1.54, 1.807) is 0 Å². The van der Waals surface area contributed by atoms with E-state index in [2.05, 4.69) is 60.0 Å². The first kappa shape index (κ1) is 36.0. The van der Waals surface area contributed by atoms with Gasteiger partial charge in [-0.05, 0) is 44.9 Å². The fraction of sp³-hybridized carbons (Fsp3) is 0.735. The summed E-state index contributed by atoms with van der Waals surface area (Å²) >= 11 is 1.19. The fourth-order valence-corrected chi connectivity index (χ4v) is 5.58. The number of aromatic nitrogens is 2. The van der Waals surface area contributed by atoms with Crippen molar-refractivity contribution in [1.29, 1.82) is 0 Å². The molecule has 0 saturated carbocycles. The molecule has 1 atom stereocenters. The lowest BCUT2D eigenvalue weighted by molar-refractivity contribution is -0.919. The van der Waals surface area contributed by atoms with E-state index < -0.39 is 6.16 Å². The maximum atomic E-state index is 12.2. The number of carbonyl (C=O) groups is 1. The number of unbranched alkanes of at least 4 members (excludes halogenated alkanes) is 12. The lowest BCUT2D eigenvalue weighted by Crippen LogP contribution is -2.49. The lowest BCUT2D eigenvalue weighted by atomic mass is 10.1. The Morgan fingerprint density at radius 3 is 2.24 bits per heavy atom. The number of likely N-dealkylation sites (N-methyl/N-ethyl adjacent to an activating group) is 1. The van der Waals surface area contributed by atoms with Crippen LogP contribution in [-0.4, -0.2) is 59.5 Å². The van der Waals surface area contributed by atoms with Crippen molar-refractivity contribution in [2.24, 2.45) is 0 Å². The second kappa shape index (κ2) is 23.3. The van der Waals surface area contributed by atoms with E-state index in [-0.39, 0.29) is 6.73 Å². The highest BCUT2D eigenvalue weighted by Gasteiger charge is 2.31. The normalized spacial score (nSPS) is 17.2. The van der Waals surface area contributed by atoms with Crippen LogP contribution in [0.25, 0.3) is 5.57 Å². The monoisotopic (exact) mass is 604 g/mol. The van der Waals surface area contributed by atoms with Gasteiger partial charge in [0.15, 0.2) is 0 Å². The molecule has 0 amide bonds. The Morgan fingerprint density at radius 2 is 1.48 bits per heavy atom. The molecule has 1 aliphatic rings. The van der Waals surface area contributed by atoms with Crippen LogP contribution in [0.5, 0.6) is 5.88 Å². The minimum atomic E-state index is -0.570. The van der Waals surface area contributed by atoms with Gasteiger partial charge in [-0.1, -0.05) is 102 Å². The van der Waals surface area contributed by atoms with E-state index in [0.29, 0.717) is 23.6 Å². The molecule has 1 aromatic heterocycles. The van der Waals surface area contributed by atoms with Crippen LogP contribution in [0.3, 0.4) is 0 Å². The van der Waals surface area contributed by atoms with Crippen LogP contribution in [0.2, 0.25) is 0 Å². The summed E-state index contributed by atoms with van der Waals surface area (Å²) < 4.78 is 26.3. The molecular formula is C34H58N3O4S+. The zero-order valence-corrected chi connectivity index (χ0v) is 27.6. The van der Waals surface area contributed by atoms with E-state index >= 15 is 0 Å². The highest BCUT2D eigenvalue weighted by Crippen LogP contribution is 2.30. The van der Waals surface area contributed by atoms with Crippen LogP contribution < -0.4 is 4.74 Å². The Hall–Kier alpha value is -2.19. The average molecular weight is 605 g/mol. The molecule has 0 radical (unpaired) electrons. The number of rotatable bonds is 24. The molecule has 2 heterocycles. The number of nitrogens with zero attached hydrogens (tertiary/aromatic N) is 3. The smallest absolute Gasteiger partial charge is 0.475 e. The molecule has 1 aromatic rings. The van der Waals surface area contributed by atoms with Crippen LogP contribution in [0.1, 0.15) is 129 Å². The highest BCUT2D eigenvalue weighted by molar-refractivity contribution is 6.99. The molecule has 1 aliphatic heterocycles. The van der Waals surface area contributed by atoms with Crippen LogP contribution in [0.4, 0.5) is 4.79 Å². The predicted molar refractivity (Wildman–Crippen MR) is 175 cm³/mol. The summed E-state index contributed by atoms with van der Waals surface area (Å²) in [7, 11) is 2.10. The maximum absolute atomic E-state index is 12.2. The van der Waals surface area contributed by atoms with E-state index in [1.165, 1.54) is 88.8 Å². The van der Waals surface area contributed by atoms with Crippen molar-refractivity contribution in [2.45, 2.75) is 123 Å². The number of quaternary nitrogens is 1. The first-order valence-electron chi connectivity index (χ1n) is 16.7. The molecular weight excluding hydrogens is 546 g/mol. The Bertz CT molecular complexity index is 930. The largest absolute Gasteiger partial charge is 0.512 e. The summed E-state index contributed by atoms with van der Waals surface area (Å²) in [5.74, 6) is 0.629. The molecule has 0 fully saturated rings. The number of allylic oxidation sites excluding steroid dienone is 4. The van der Waals surface area contributed by atoms with Gasteiger partial charge in [-0.3, -0.25) is 4.48 Å². The van der Waals surface area contributed by atoms with Crippen LogP contribution in [-0.2, 0) is 9.47 Å².